The number of rotatable bonds is 4. The summed E-state index contributed by atoms with van der Waals surface area (Å²) in [6.45, 7) is 2.14. The highest BCUT2D eigenvalue weighted by Crippen LogP contribution is 2.24. The Morgan fingerprint density at radius 2 is 1.81 bits per heavy atom. The van der Waals surface area contributed by atoms with Crippen LogP contribution in [0.2, 0.25) is 0 Å². The van der Waals surface area contributed by atoms with Crippen molar-refractivity contribution in [1.29, 1.82) is 0 Å². The van der Waals surface area contributed by atoms with Crippen molar-refractivity contribution in [2.75, 3.05) is 24.5 Å². The molecule has 2 heterocycles. The molecular formula is C21H23N3O2. The highest BCUT2D eigenvalue weighted by atomic mass is 16.2. The van der Waals surface area contributed by atoms with Gasteiger partial charge in [-0.1, -0.05) is 30.3 Å². The number of nitrogens with one attached hydrogen (secondary N) is 1. The number of carbonyl (C=O) groups excluding carboxylic acids is 2. The van der Waals surface area contributed by atoms with Crippen LogP contribution in [-0.2, 0) is 6.42 Å². The van der Waals surface area contributed by atoms with Crippen LogP contribution >= 0.6 is 0 Å². The van der Waals surface area contributed by atoms with Crippen LogP contribution in [0.5, 0.6) is 0 Å². The summed E-state index contributed by atoms with van der Waals surface area (Å²) in [4.78, 5) is 28.4. The molecule has 2 aromatic rings. The number of hydrogen-bond donors (Lipinski definition) is 1. The van der Waals surface area contributed by atoms with E-state index < -0.39 is 0 Å². The first-order chi connectivity index (χ1) is 12.7. The zero-order valence-electron chi connectivity index (χ0n) is 14.7. The molecule has 1 unspecified atom stereocenters. The maximum atomic E-state index is 13.0. The van der Waals surface area contributed by atoms with Crippen molar-refractivity contribution in [3.05, 3.63) is 65.7 Å². The van der Waals surface area contributed by atoms with Crippen LogP contribution in [0.25, 0.3) is 0 Å². The molecule has 5 nitrogen and oxygen atoms in total. The predicted octanol–water partition coefficient (Wildman–Crippen LogP) is 3.06. The highest BCUT2D eigenvalue weighted by molar-refractivity contribution is 5.97. The van der Waals surface area contributed by atoms with Gasteiger partial charge in [0.05, 0.1) is 0 Å². The van der Waals surface area contributed by atoms with Gasteiger partial charge in [-0.25, -0.2) is 4.79 Å². The molecule has 0 saturated carbocycles. The lowest BCUT2D eigenvalue weighted by molar-refractivity contribution is 0.0736. The number of anilines is 1. The fourth-order valence-corrected chi connectivity index (χ4v) is 3.87. The van der Waals surface area contributed by atoms with Gasteiger partial charge in [-0.3, -0.25) is 9.69 Å². The van der Waals surface area contributed by atoms with Crippen LogP contribution in [0.4, 0.5) is 10.5 Å². The van der Waals surface area contributed by atoms with Gasteiger partial charge in [0.25, 0.3) is 5.91 Å². The molecular weight excluding hydrogens is 326 g/mol. The van der Waals surface area contributed by atoms with E-state index >= 15 is 0 Å². The molecule has 0 spiro atoms. The maximum absolute atomic E-state index is 13.0. The SMILES string of the molecule is O=C1NCCN1c1ccc(C(=O)N2CCCC2Cc2ccccc2)cc1. The van der Waals surface area contributed by atoms with Crippen LogP contribution in [0.1, 0.15) is 28.8 Å². The number of benzene rings is 2. The van der Waals surface area contributed by atoms with E-state index in [2.05, 4.69) is 17.4 Å². The van der Waals surface area contributed by atoms with E-state index in [9.17, 15) is 9.59 Å². The lowest BCUT2D eigenvalue weighted by Crippen LogP contribution is -2.36. The topological polar surface area (TPSA) is 52.7 Å². The van der Waals surface area contributed by atoms with Gasteiger partial charge in [-0.15, -0.1) is 0 Å². The first-order valence-corrected chi connectivity index (χ1v) is 9.23. The van der Waals surface area contributed by atoms with Crippen molar-refractivity contribution in [2.24, 2.45) is 0 Å². The summed E-state index contributed by atoms with van der Waals surface area (Å²) in [5.74, 6) is 0.0841. The third kappa shape index (κ3) is 3.29. The molecule has 3 amide bonds. The van der Waals surface area contributed by atoms with E-state index in [0.717, 1.165) is 31.5 Å². The molecule has 2 fully saturated rings. The Hall–Kier alpha value is -2.82. The third-order valence-electron chi connectivity index (χ3n) is 5.23. The molecule has 0 aliphatic carbocycles. The molecule has 1 N–H and O–H groups in total. The Kier molecular flexibility index (Phi) is 4.61. The molecule has 2 saturated heterocycles. The van der Waals surface area contributed by atoms with Crippen molar-refractivity contribution in [3.63, 3.8) is 0 Å². The Labute approximate surface area is 153 Å². The molecule has 0 aromatic heterocycles. The number of carbonyl (C=O) groups is 2. The first-order valence-electron chi connectivity index (χ1n) is 9.23. The molecule has 0 bridgehead atoms. The molecule has 134 valence electrons. The van der Waals surface area contributed by atoms with Gasteiger partial charge in [0.2, 0.25) is 0 Å². The van der Waals surface area contributed by atoms with Crippen molar-refractivity contribution in [1.82, 2.24) is 10.2 Å². The zero-order valence-corrected chi connectivity index (χ0v) is 14.7. The second-order valence-corrected chi connectivity index (χ2v) is 6.91. The number of likely N-dealkylation sites (tertiary alicyclic amines) is 1. The Balaban J connectivity index is 1.47. The minimum absolute atomic E-state index is 0.0773. The maximum Gasteiger partial charge on any atom is 0.321 e. The molecule has 4 rings (SSSR count). The molecule has 2 aromatic carbocycles. The van der Waals surface area contributed by atoms with E-state index in [-0.39, 0.29) is 18.0 Å². The second kappa shape index (κ2) is 7.20. The van der Waals surface area contributed by atoms with E-state index in [4.69, 9.17) is 0 Å². The largest absolute Gasteiger partial charge is 0.336 e. The van der Waals surface area contributed by atoms with Gasteiger partial charge in [0, 0.05) is 36.9 Å². The highest BCUT2D eigenvalue weighted by Gasteiger charge is 2.29. The van der Waals surface area contributed by atoms with Crippen LogP contribution < -0.4 is 10.2 Å². The summed E-state index contributed by atoms with van der Waals surface area (Å²) in [6.07, 6.45) is 3.00. The van der Waals surface area contributed by atoms with Gasteiger partial charge in [-0.2, -0.15) is 0 Å². The summed E-state index contributed by atoms with van der Waals surface area (Å²) in [5.41, 5.74) is 2.79. The molecule has 1 atom stereocenters. The van der Waals surface area contributed by atoms with Gasteiger partial charge in [0.1, 0.15) is 0 Å². The molecule has 2 aliphatic rings. The lowest BCUT2D eigenvalue weighted by Gasteiger charge is -2.25. The Bertz CT molecular complexity index is 789. The lowest BCUT2D eigenvalue weighted by atomic mass is 10.0. The minimum atomic E-state index is -0.0773. The number of nitrogens with zero attached hydrogens (tertiary/aromatic N) is 2. The molecule has 26 heavy (non-hydrogen) atoms. The van der Waals surface area contributed by atoms with Crippen molar-refractivity contribution >= 4 is 17.6 Å². The quantitative estimate of drug-likeness (QED) is 0.922. The molecule has 2 aliphatic heterocycles. The van der Waals surface area contributed by atoms with E-state index in [1.165, 1.54) is 5.56 Å². The monoisotopic (exact) mass is 349 g/mol. The third-order valence-corrected chi connectivity index (χ3v) is 5.23. The molecule has 0 radical (unpaired) electrons. The number of hydrogen-bond acceptors (Lipinski definition) is 2. The minimum Gasteiger partial charge on any atom is -0.336 e. The van der Waals surface area contributed by atoms with Crippen LogP contribution in [0.15, 0.2) is 54.6 Å². The summed E-state index contributed by atoms with van der Waals surface area (Å²) in [6, 6.07) is 17.9. The smallest absolute Gasteiger partial charge is 0.321 e. The predicted molar refractivity (Wildman–Crippen MR) is 101 cm³/mol. The summed E-state index contributed by atoms with van der Waals surface area (Å²) in [5, 5.41) is 2.79. The van der Waals surface area contributed by atoms with Gasteiger partial charge in [0.15, 0.2) is 0 Å². The van der Waals surface area contributed by atoms with Crippen LogP contribution in [0, 0.1) is 0 Å². The van der Waals surface area contributed by atoms with Gasteiger partial charge in [-0.05, 0) is 49.1 Å². The van der Waals surface area contributed by atoms with Crippen molar-refractivity contribution in [2.45, 2.75) is 25.3 Å². The zero-order chi connectivity index (χ0) is 17.9. The summed E-state index contributed by atoms with van der Waals surface area (Å²) >= 11 is 0. The van der Waals surface area contributed by atoms with Crippen LogP contribution in [0.3, 0.4) is 0 Å². The van der Waals surface area contributed by atoms with Crippen LogP contribution in [-0.4, -0.2) is 42.5 Å². The van der Waals surface area contributed by atoms with Crippen molar-refractivity contribution in [3.8, 4) is 0 Å². The Morgan fingerprint density at radius 3 is 2.50 bits per heavy atom. The van der Waals surface area contributed by atoms with Crippen molar-refractivity contribution < 1.29 is 9.59 Å². The summed E-state index contributed by atoms with van der Waals surface area (Å²) in [7, 11) is 0. The fourth-order valence-electron chi connectivity index (χ4n) is 3.87. The normalized spacial score (nSPS) is 19.7. The van der Waals surface area contributed by atoms with E-state index in [1.54, 1.807) is 4.90 Å². The van der Waals surface area contributed by atoms with E-state index in [1.807, 2.05) is 47.4 Å². The van der Waals surface area contributed by atoms with Gasteiger partial charge < -0.3 is 10.2 Å². The number of urea groups is 1. The average Bonchev–Trinajstić information content (AvgIpc) is 3.31. The van der Waals surface area contributed by atoms with Gasteiger partial charge >= 0.3 is 6.03 Å². The summed E-state index contributed by atoms with van der Waals surface area (Å²) < 4.78 is 0. The molecule has 5 heteroatoms. The second-order valence-electron chi connectivity index (χ2n) is 6.91. The average molecular weight is 349 g/mol. The van der Waals surface area contributed by atoms with E-state index in [0.29, 0.717) is 18.7 Å². The number of amides is 3. The Morgan fingerprint density at radius 1 is 1.04 bits per heavy atom. The standard InChI is InChI=1S/C21H23N3O2/c25-20(17-8-10-18(11-9-17)24-14-12-22-21(24)26)23-13-4-7-19(23)15-16-5-2-1-3-6-16/h1-3,5-6,8-11,19H,4,7,12-15H2,(H,22,26). The fraction of sp³-hybridized carbons (Fsp3) is 0.333. The first kappa shape index (κ1) is 16.6.